The number of nitrogens with two attached hydrogens (primary N) is 1. The lowest BCUT2D eigenvalue weighted by Crippen LogP contribution is -2.18. The largest absolute Gasteiger partial charge is 0.324 e. The summed E-state index contributed by atoms with van der Waals surface area (Å²) >= 11 is 0. The van der Waals surface area contributed by atoms with Crippen LogP contribution in [-0.4, -0.2) is 0 Å². The Morgan fingerprint density at radius 1 is 1.19 bits per heavy atom. The molecule has 0 saturated heterocycles. The SMILES string of the molecule is CCCc1ccc(C(N)C2CCCC2)cc1. The first-order valence-electron chi connectivity index (χ1n) is 6.65. The summed E-state index contributed by atoms with van der Waals surface area (Å²) in [4.78, 5) is 0. The highest BCUT2D eigenvalue weighted by molar-refractivity contribution is 5.25. The van der Waals surface area contributed by atoms with Gasteiger partial charge in [-0.2, -0.15) is 0 Å². The van der Waals surface area contributed by atoms with E-state index in [-0.39, 0.29) is 6.04 Å². The standard InChI is InChI=1S/C15H23N/c1-2-5-12-8-10-14(11-9-12)15(16)13-6-3-4-7-13/h8-11,13,15H,2-7,16H2,1H3. The maximum Gasteiger partial charge on any atom is 0.0323 e. The predicted octanol–water partition coefficient (Wildman–Crippen LogP) is 3.83. The van der Waals surface area contributed by atoms with E-state index in [2.05, 4.69) is 31.2 Å². The molecule has 1 aromatic rings. The first-order chi connectivity index (χ1) is 7.81. The highest BCUT2D eigenvalue weighted by Gasteiger charge is 2.22. The lowest BCUT2D eigenvalue weighted by molar-refractivity contribution is 0.445. The molecule has 88 valence electrons. The normalized spacial score (nSPS) is 18.9. The molecule has 0 aliphatic heterocycles. The second-order valence-electron chi connectivity index (χ2n) is 5.06. The molecule has 0 radical (unpaired) electrons. The van der Waals surface area contributed by atoms with Crippen molar-refractivity contribution >= 4 is 0 Å². The molecule has 0 amide bonds. The van der Waals surface area contributed by atoms with Crippen LogP contribution in [0.5, 0.6) is 0 Å². The van der Waals surface area contributed by atoms with E-state index in [1.807, 2.05) is 0 Å². The highest BCUT2D eigenvalue weighted by atomic mass is 14.7. The second kappa shape index (κ2) is 5.49. The van der Waals surface area contributed by atoms with Crippen LogP contribution < -0.4 is 5.73 Å². The van der Waals surface area contributed by atoms with Crippen LogP contribution in [0.15, 0.2) is 24.3 Å². The van der Waals surface area contributed by atoms with E-state index < -0.39 is 0 Å². The molecule has 1 unspecified atom stereocenters. The first kappa shape index (κ1) is 11.7. The summed E-state index contributed by atoms with van der Waals surface area (Å²) in [5.41, 5.74) is 9.09. The van der Waals surface area contributed by atoms with Gasteiger partial charge in [-0.3, -0.25) is 0 Å². The van der Waals surface area contributed by atoms with Gasteiger partial charge in [-0.25, -0.2) is 0 Å². The van der Waals surface area contributed by atoms with Gasteiger partial charge < -0.3 is 5.73 Å². The molecule has 1 aromatic carbocycles. The molecule has 0 heterocycles. The average molecular weight is 217 g/mol. The zero-order valence-electron chi connectivity index (χ0n) is 10.3. The molecular weight excluding hydrogens is 194 g/mol. The minimum atomic E-state index is 0.262. The Morgan fingerprint density at radius 2 is 1.81 bits per heavy atom. The average Bonchev–Trinajstić information content (AvgIpc) is 2.83. The zero-order chi connectivity index (χ0) is 11.4. The van der Waals surface area contributed by atoms with Crippen LogP contribution in [0.2, 0.25) is 0 Å². The van der Waals surface area contributed by atoms with E-state index in [1.54, 1.807) is 0 Å². The van der Waals surface area contributed by atoms with E-state index in [4.69, 9.17) is 5.73 Å². The van der Waals surface area contributed by atoms with Crippen molar-refractivity contribution < 1.29 is 0 Å². The Labute approximate surface area is 99.0 Å². The monoisotopic (exact) mass is 217 g/mol. The van der Waals surface area contributed by atoms with Crippen molar-refractivity contribution in [3.05, 3.63) is 35.4 Å². The maximum absolute atomic E-state index is 6.32. The van der Waals surface area contributed by atoms with E-state index >= 15 is 0 Å². The third-order valence-corrected chi connectivity index (χ3v) is 3.81. The molecule has 1 atom stereocenters. The summed E-state index contributed by atoms with van der Waals surface area (Å²) in [5, 5.41) is 0. The van der Waals surface area contributed by atoms with Gasteiger partial charge in [-0.05, 0) is 36.3 Å². The van der Waals surface area contributed by atoms with E-state index in [1.165, 1.54) is 49.7 Å². The molecular formula is C15H23N. The summed E-state index contributed by atoms with van der Waals surface area (Å²) in [6, 6.07) is 9.21. The Balaban J connectivity index is 2.02. The van der Waals surface area contributed by atoms with Gasteiger partial charge >= 0.3 is 0 Å². The van der Waals surface area contributed by atoms with Gasteiger partial charge in [0.25, 0.3) is 0 Å². The summed E-state index contributed by atoms with van der Waals surface area (Å²) in [6.45, 7) is 2.22. The zero-order valence-corrected chi connectivity index (χ0v) is 10.3. The van der Waals surface area contributed by atoms with Gasteiger partial charge in [0.05, 0.1) is 0 Å². The van der Waals surface area contributed by atoms with Crippen molar-refractivity contribution in [1.82, 2.24) is 0 Å². The lowest BCUT2D eigenvalue weighted by Gasteiger charge is -2.19. The van der Waals surface area contributed by atoms with Gasteiger partial charge in [-0.15, -0.1) is 0 Å². The van der Waals surface area contributed by atoms with E-state index in [0.717, 1.165) is 5.92 Å². The van der Waals surface area contributed by atoms with Crippen LogP contribution in [-0.2, 0) is 6.42 Å². The Morgan fingerprint density at radius 3 is 2.38 bits per heavy atom. The summed E-state index contributed by atoms with van der Waals surface area (Å²) in [6.07, 6.45) is 7.77. The molecule has 0 spiro atoms. The predicted molar refractivity (Wildman–Crippen MR) is 69.3 cm³/mol. The van der Waals surface area contributed by atoms with Crippen LogP contribution in [0, 0.1) is 5.92 Å². The van der Waals surface area contributed by atoms with E-state index in [9.17, 15) is 0 Å². The van der Waals surface area contributed by atoms with Crippen molar-refractivity contribution in [2.24, 2.45) is 11.7 Å². The van der Waals surface area contributed by atoms with Crippen molar-refractivity contribution in [3.8, 4) is 0 Å². The van der Waals surface area contributed by atoms with Crippen LogP contribution in [0.3, 0.4) is 0 Å². The van der Waals surface area contributed by atoms with Gasteiger partial charge in [-0.1, -0.05) is 50.5 Å². The van der Waals surface area contributed by atoms with Crippen LogP contribution in [0.25, 0.3) is 0 Å². The fourth-order valence-electron chi connectivity index (χ4n) is 2.78. The van der Waals surface area contributed by atoms with E-state index in [0.29, 0.717) is 0 Å². The van der Waals surface area contributed by atoms with Crippen LogP contribution in [0.4, 0.5) is 0 Å². The van der Waals surface area contributed by atoms with Crippen molar-refractivity contribution in [2.45, 2.75) is 51.5 Å². The van der Waals surface area contributed by atoms with Crippen molar-refractivity contribution in [2.75, 3.05) is 0 Å². The molecule has 2 rings (SSSR count). The molecule has 1 aliphatic carbocycles. The fourth-order valence-corrected chi connectivity index (χ4v) is 2.78. The van der Waals surface area contributed by atoms with Crippen LogP contribution >= 0.6 is 0 Å². The molecule has 2 N–H and O–H groups in total. The smallest absolute Gasteiger partial charge is 0.0323 e. The topological polar surface area (TPSA) is 26.0 Å². The second-order valence-corrected chi connectivity index (χ2v) is 5.06. The minimum absolute atomic E-state index is 0.262. The first-order valence-corrected chi connectivity index (χ1v) is 6.65. The molecule has 0 aromatic heterocycles. The van der Waals surface area contributed by atoms with Gasteiger partial charge in [0.15, 0.2) is 0 Å². The summed E-state index contributed by atoms with van der Waals surface area (Å²) < 4.78 is 0. The lowest BCUT2D eigenvalue weighted by atomic mass is 9.92. The van der Waals surface area contributed by atoms with Crippen molar-refractivity contribution in [3.63, 3.8) is 0 Å². The highest BCUT2D eigenvalue weighted by Crippen LogP contribution is 2.34. The number of rotatable bonds is 4. The number of aryl methyl sites for hydroxylation is 1. The molecule has 1 fully saturated rings. The quantitative estimate of drug-likeness (QED) is 0.815. The third-order valence-electron chi connectivity index (χ3n) is 3.81. The Hall–Kier alpha value is -0.820. The van der Waals surface area contributed by atoms with Crippen molar-refractivity contribution in [1.29, 1.82) is 0 Å². The Bertz CT molecular complexity index is 309. The maximum atomic E-state index is 6.32. The van der Waals surface area contributed by atoms with Gasteiger partial charge in [0.2, 0.25) is 0 Å². The van der Waals surface area contributed by atoms with Gasteiger partial charge in [0.1, 0.15) is 0 Å². The van der Waals surface area contributed by atoms with Crippen LogP contribution in [0.1, 0.15) is 56.2 Å². The molecule has 1 heteroatoms. The molecule has 1 nitrogen and oxygen atoms in total. The molecule has 1 saturated carbocycles. The molecule has 1 aliphatic rings. The minimum Gasteiger partial charge on any atom is -0.324 e. The third kappa shape index (κ3) is 2.65. The summed E-state index contributed by atoms with van der Waals surface area (Å²) in [5.74, 6) is 0.719. The number of hydrogen-bond donors (Lipinski definition) is 1. The van der Waals surface area contributed by atoms with Gasteiger partial charge in [0, 0.05) is 6.04 Å². The Kier molecular flexibility index (Phi) is 4.00. The molecule has 16 heavy (non-hydrogen) atoms. The number of hydrogen-bond acceptors (Lipinski definition) is 1. The summed E-state index contributed by atoms with van der Waals surface area (Å²) in [7, 11) is 0. The fraction of sp³-hybridized carbons (Fsp3) is 0.600. The molecule has 0 bridgehead atoms. The number of benzene rings is 1.